The number of nitrogens with one attached hydrogen (secondary N) is 1. The number of carbonyl (C=O) groups excluding carboxylic acids is 2. The van der Waals surface area contributed by atoms with Gasteiger partial charge in [0.25, 0.3) is 11.8 Å². The van der Waals surface area contributed by atoms with E-state index < -0.39 is 0 Å². The number of carbonyl (C=O) groups is 2. The summed E-state index contributed by atoms with van der Waals surface area (Å²) in [5, 5.41) is 3.25. The quantitative estimate of drug-likeness (QED) is 0.513. The van der Waals surface area contributed by atoms with Crippen LogP contribution in [0.1, 0.15) is 22.3 Å². The lowest BCUT2D eigenvalue weighted by Gasteiger charge is -2.19. The summed E-state index contributed by atoms with van der Waals surface area (Å²) in [5.41, 5.74) is 5.85. The van der Waals surface area contributed by atoms with Crippen LogP contribution in [0.25, 0.3) is 0 Å². The molecule has 0 aliphatic carbocycles. The average Bonchev–Trinajstić information content (AvgIpc) is 2.94. The van der Waals surface area contributed by atoms with E-state index in [0.29, 0.717) is 16.3 Å². The standard InChI is InChI=1S/C26H24N2O2S/c1-16-13-17(2)15-20(14-16)27-23-24(31-21-10-6-5-7-11-21)26(30)28(25(23)29)22-12-8-9-18(3)19(22)4/h5-15,27H,1-4H3. The van der Waals surface area contributed by atoms with Crippen molar-refractivity contribution in [1.82, 2.24) is 0 Å². The van der Waals surface area contributed by atoms with Gasteiger partial charge < -0.3 is 5.32 Å². The molecule has 3 aromatic carbocycles. The fourth-order valence-corrected chi connectivity index (χ4v) is 4.66. The van der Waals surface area contributed by atoms with Gasteiger partial charge in [0.1, 0.15) is 10.6 Å². The minimum Gasteiger partial charge on any atom is -0.350 e. The summed E-state index contributed by atoms with van der Waals surface area (Å²) in [6.07, 6.45) is 0. The smallest absolute Gasteiger partial charge is 0.283 e. The number of nitrogens with zero attached hydrogens (tertiary/aromatic N) is 1. The average molecular weight is 429 g/mol. The third-order valence-electron chi connectivity index (χ3n) is 5.31. The Morgan fingerprint density at radius 3 is 2.13 bits per heavy atom. The number of thioether (sulfide) groups is 1. The van der Waals surface area contributed by atoms with E-state index in [1.54, 1.807) is 0 Å². The molecule has 1 aliphatic heterocycles. The van der Waals surface area contributed by atoms with Crippen molar-refractivity contribution in [3.63, 3.8) is 0 Å². The first-order chi connectivity index (χ1) is 14.8. The lowest BCUT2D eigenvalue weighted by atomic mass is 10.1. The highest BCUT2D eigenvalue weighted by atomic mass is 32.2. The molecule has 0 saturated carbocycles. The van der Waals surface area contributed by atoms with E-state index >= 15 is 0 Å². The van der Waals surface area contributed by atoms with E-state index in [0.717, 1.165) is 32.8 Å². The third-order valence-corrected chi connectivity index (χ3v) is 6.40. The Bertz CT molecular complexity index is 1200. The molecule has 4 rings (SSSR count). The molecule has 0 aromatic heterocycles. The second-order valence-corrected chi connectivity index (χ2v) is 8.87. The fraction of sp³-hybridized carbons (Fsp3) is 0.154. The maximum Gasteiger partial charge on any atom is 0.283 e. The van der Waals surface area contributed by atoms with Crippen molar-refractivity contribution >= 4 is 35.0 Å². The molecule has 3 aromatic rings. The van der Waals surface area contributed by atoms with Gasteiger partial charge in [-0.15, -0.1) is 0 Å². The number of anilines is 2. The molecular weight excluding hydrogens is 404 g/mol. The molecule has 0 atom stereocenters. The summed E-state index contributed by atoms with van der Waals surface area (Å²) >= 11 is 1.31. The monoisotopic (exact) mass is 428 g/mol. The van der Waals surface area contributed by atoms with Gasteiger partial charge in [-0.25, -0.2) is 4.90 Å². The van der Waals surface area contributed by atoms with Crippen LogP contribution in [0.3, 0.4) is 0 Å². The molecule has 2 amide bonds. The number of aryl methyl sites for hydroxylation is 3. The molecule has 0 saturated heterocycles. The van der Waals surface area contributed by atoms with Gasteiger partial charge in [-0.05, 0) is 80.3 Å². The van der Waals surface area contributed by atoms with Gasteiger partial charge in [0.15, 0.2) is 0 Å². The minimum atomic E-state index is -0.337. The number of rotatable bonds is 5. The summed E-state index contributed by atoms with van der Waals surface area (Å²) in [4.78, 5) is 29.6. The van der Waals surface area contributed by atoms with Crippen LogP contribution in [0.15, 0.2) is 82.2 Å². The summed E-state index contributed by atoms with van der Waals surface area (Å²) < 4.78 is 0. The van der Waals surface area contributed by atoms with Crippen LogP contribution >= 0.6 is 11.8 Å². The highest BCUT2D eigenvalue weighted by Crippen LogP contribution is 2.39. The van der Waals surface area contributed by atoms with Gasteiger partial charge in [0.05, 0.1) is 5.69 Å². The molecule has 0 bridgehead atoms. The normalized spacial score (nSPS) is 13.9. The molecule has 0 spiro atoms. The van der Waals surface area contributed by atoms with E-state index in [4.69, 9.17) is 0 Å². The van der Waals surface area contributed by atoms with Crippen LogP contribution in [0, 0.1) is 27.7 Å². The van der Waals surface area contributed by atoms with Crippen LogP contribution < -0.4 is 10.2 Å². The molecule has 1 N–H and O–H groups in total. The second-order valence-electron chi connectivity index (χ2n) is 7.79. The second kappa shape index (κ2) is 8.44. The molecule has 0 unspecified atom stereocenters. The van der Waals surface area contributed by atoms with Crippen molar-refractivity contribution in [2.75, 3.05) is 10.2 Å². The van der Waals surface area contributed by atoms with Crippen molar-refractivity contribution in [3.05, 3.63) is 99.6 Å². The van der Waals surface area contributed by atoms with E-state index in [9.17, 15) is 9.59 Å². The van der Waals surface area contributed by atoms with Gasteiger partial charge in [0, 0.05) is 10.6 Å². The van der Waals surface area contributed by atoms with E-state index in [1.165, 1.54) is 16.7 Å². The van der Waals surface area contributed by atoms with Gasteiger partial charge in [-0.3, -0.25) is 9.59 Å². The summed E-state index contributed by atoms with van der Waals surface area (Å²) in [6.45, 7) is 7.93. The lowest BCUT2D eigenvalue weighted by molar-refractivity contribution is -0.120. The molecule has 0 fully saturated rings. The maximum absolute atomic E-state index is 13.5. The first-order valence-electron chi connectivity index (χ1n) is 10.1. The molecule has 5 heteroatoms. The number of imide groups is 1. The molecule has 156 valence electrons. The van der Waals surface area contributed by atoms with Crippen molar-refractivity contribution in [1.29, 1.82) is 0 Å². The molecule has 4 nitrogen and oxygen atoms in total. The first kappa shape index (κ1) is 20.9. The van der Waals surface area contributed by atoms with Crippen molar-refractivity contribution in [2.45, 2.75) is 32.6 Å². The zero-order valence-electron chi connectivity index (χ0n) is 18.0. The van der Waals surface area contributed by atoms with Gasteiger partial charge >= 0.3 is 0 Å². The van der Waals surface area contributed by atoms with Crippen LogP contribution in [0.2, 0.25) is 0 Å². The van der Waals surface area contributed by atoms with E-state index in [1.807, 2.05) is 88.4 Å². The molecule has 0 radical (unpaired) electrons. The fourth-order valence-electron chi connectivity index (χ4n) is 3.71. The number of benzene rings is 3. The van der Waals surface area contributed by atoms with Gasteiger partial charge in [-0.1, -0.05) is 48.2 Å². The zero-order valence-corrected chi connectivity index (χ0v) is 18.8. The van der Waals surface area contributed by atoms with Crippen LogP contribution in [0.4, 0.5) is 11.4 Å². The van der Waals surface area contributed by atoms with E-state index in [2.05, 4.69) is 11.4 Å². The Morgan fingerprint density at radius 1 is 0.774 bits per heavy atom. The summed E-state index contributed by atoms with van der Waals surface area (Å²) in [7, 11) is 0. The lowest BCUT2D eigenvalue weighted by Crippen LogP contribution is -2.33. The van der Waals surface area contributed by atoms with Gasteiger partial charge in [-0.2, -0.15) is 0 Å². The SMILES string of the molecule is Cc1cc(C)cc(NC2=C(Sc3ccccc3)C(=O)N(c3cccc(C)c3C)C2=O)c1. The zero-order chi connectivity index (χ0) is 22.1. The largest absolute Gasteiger partial charge is 0.350 e. The topological polar surface area (TPSA) is 49.4 Å². The summed E-state index contributed by atoms with van der Waals surface area (Å²) in [6, 6.07) is 21.3. The van der Waals surface area contributed by atoms with Crippen molar-refractivity contribution in [3.8, 4) is 0 Å². The summed E-state index contributed by atoms with van der Waals surface area (Å²) in [5.74, 6) is -0.643. The number of amides is 2. The molecule has 1 aliphatic rings. The van der Waals surface area contributed by atoms with Crippen LogP contribution in [-0.2, 0) is 9.59 Å². The number of hydrogen-bond acceptors (Lipinski definition) is 4. The van der Waals surface area contributed by atoms with Crippen LogP contribution in [-0.4, -0.2) is 11.8 Å². The Morgan fingerprint density at radius 2 is 1.45 bits per heavy atom. The molecule has 31 heavy (non-hydrogen) atoms. The van der Waals surface area contributed by atoms with Crippen LogP contribution in [0.5, 0.6) is 0 Å². The first-order valence-corrected chi connectivity index (χ1v) is 10.9. The highest BCUT2D eigenvalue weighted by molar-refractivity contribution is 8.04. The minimum absolute atomic E-state index is 0.306. The predicted octanol–water partition coefficient (Wildman–Crippen LogP) is 5.91. The predicted molar refractivity (Wildman–Crippen MR) is 127 cm³/mol. The maximum atomic E-state index is 13.5. The Kier molecular flexibility index (Phi) is 5.70. The Balaban J connectivity index is 1.79. The Labute approximate surface area is 187 Å². The molecule has 1 heterocycles. The third kappa shape index (κ3) is 4.14. The molecular formula is C26H24N2O2S. The number of hydrogen-bond donors (Lipinski definition) is 1. The van der Waals surface area contributed by atoms with Gasteiger partial charge in [0.2, 0.25) is 0 Å². The highest BCUT2D eigenvalue weighted by Gasteiger charge is 2.40. The Hall–Kier alpha value is -3.31. The van der Waals surface area contributed by atoms with Crippen molar-refractivity contribution in [2.24, 2.45) is 0 Å². The van der Waals surface area contributed by atoms with E-state index in [-0.39, 0.29) is 11.8 Å². The van der Waals surface area contributed by atoms with Crippen molar-refractivity contribution < 1.29 is 9.59 Å².